The fourth-order valence-corrected chi connectivity index (χ4v) is 1.27. The summed E-state index contributed by atoms with van der Waals surface area (Å²) < 4.78 is 0. The van der Waals surface area contributed by atoms with Crippen molar-refractivity contribution in [3.8, 4) is 0 Å². The predicted octanol–water partition coefficient (Wildman–Crippen LogP) is 3.03. The first-order valence-electron chi connectivity index (χ1n) is 5.09. The summed E-state index contributed by atoms with van der Waals surface area (Å²) >= 11 is 5.97. The lowest BCUT2D eigenvalue weighted by atomic mass is 10.0. The molecular weight excluding hydrogens is 170 g/mol. The summed E-state index contributed by atoms with van der Waals surface area (Å²) in [6.45, 7) is 8.68. The van der Waals surface area contributed by atoms with Crippen LogP contribution in [0.3, 0.4) is 0 Å². The molecule has 1 N–H and O–H groups in total. The Morgan fingerprint density at radius 2 is 1.58 bits per heavy atom. The van der Waals surface area contributed by atoms with E-state index in [0.29, 0.717) is 5.38 Å². The molecule has 0 aromatic carbocycles. The molecule has 0 fully saturated rings. The van der Waals surface area contributed by atoms with Crippen LogP contribution in [-0.4, -0.2) is 18.5 Å². The number of halogens is 1. The lowest BCUT2D eigenvalue weighted by Gasteiger charge is -2.14. The number of rotatable bonds is 7. The van der Waals surface area contributed by atoms with Crippen LogP contribution in [0.2, 0.25) is 0 Å². The van der Waals surface area contributed by atoms with Gasteiger partial charge in [0.2, 0.25) is 0 Å². The van der Waals surface area contributed by atoms with E-state index in [1.807, 2.05) is 0 Å². The first kappa shape index (κ1) is 12.2. The first-order valence-corrected chi connectivity index (χ1v) is 5.52. The fraction of sp³-hybridized carbons (Fsp3) is 1.00. The third-order valence-electron chi connectivity index (χ3n) is 2.40. The van der Waals surface area contributed by atoms with Gasteiger partial charge in [-0.15, -0.1) is 11.6 Å². The van der Waals surface area contributed by atoms with Crippen LogP contribution in [0.5, 0.6) is 0 Å². The molecule has 0 aromatic heterocycles. The van der Waals surface area contributed by atoms with Gasteiger partial charge in [0.05, 0.1) is 0 Å². The molecule has 0 heterocycles. The summed E-state index contributed by atoms with van der Waals surface area (Å²) in [7, 11) is 0. The van der Waals surface area contributed by atoms with Crippen LogP contribution in [0.4, 0.5) is 0 Å². The maximum absolute atomic E-state index is 5.97. The van der Waals surface area contributed by atoms with Crippen LogP contribution in [-0.2, 0) is 0 Å². The SMILES string of the molecule is CCC(Cl)CNCC(CC)CC. The monoisotopic (exact) mass is 191 g/mol. The van der Waals surface area contributed by atoms with Crippen molar-refractivity contribution < 1.29 is 0 Å². The van der Waals surface area contributed by atoms with E-state index in [0.717, 1.165) is 25.4 Å². The van der Waals surface area contributed by atoms with Gasteiger partial charge < -0.3 is 5.32 Å². The molecule has 0 aliphatic rings. The Bertz CT molecular complexity index is 91.8. The van der Waals surface area contributed by atoms with Crippen LogP contribution < -0.4 is 5.32 Å². The van der Waals surface area contributed by atoms with Crippen molar-refractivity contribution in [2.24, 2.45) is 5.92 Å². The molecule has 1 unspecified atom stereocenters. The van der Waals surface area contributed by atoms with Crippen molar-refractivity contribution in [1.29, 1.82) is 0 Å². The highest BCUT2D eigenvalue weighted by Gasteiger charge is 2.04. The Morgan fingerprint density at radius 1 is 1.00 bits per heavy atom. The molecule has 0 saturated carbocycles. The molecule has 2 heteroatoms. The van der Waals surface area contributed by atoms with Gasteiger partial charge in [0, 0.05) is 11.9 Å². The van der Waals surface area contributed by atoms with Gasteiger partial charge in [0.25, 0.3) is 0 Å². The second-order valence-corrected chi connectivity index (χ2v) is 3.96. The molecule has 0 spiro atoms. The average Bonchev–Trinajstić information content (AvgIpc) is 2.12. The van der Waals surface area contributed by atoms with Crippen molar-refractivity contribution in [1.82, 2.24) is 5.32 Å². The number of hydrogen-bond donors (Lipinski definition) is 1. The normalized spacial score (nSPS) is 13.8. The molecule has 12 heavy (non-hydrogen) atoms. The van der Waals surface area contributed by atoms with Gasteiger partial charge in [-0.3, -0.25) is 0 Å². The average molecular weight is 192 g/mol. The number of hydrogen-bond acceptors (Lipinski definition) is 1. The Hall–Kier alpha value is 0.250. The summed E-state index contributed by atoms with van der Waals surface area (Å²) in [5.41, 5.74) is 0. The molecular formula is C10H22ClN. The van der Waals surface area contributed by atoms with E-state index in [1.54, 1.807) is 0 Å². The predicted molar refractivity (Wildman–Crippen MR) is 56.9 cm³/mol. The summed E-state index contributed by atoms with van der Waals surface area (Å²) in [6.07, 6.45) is 3.59. The Labute approximate surface area is 81.9 Å². The molecule has 0 bridgehead atoms. The third-order valence-corrected chi connectivity index (χ3v) is 2.86. The molecule has 0 radical (unpaired) electrons. The van der Waals surface area contributed by atoms with Gasteiger partial charge in [-0.1, -0.05) is 33.6 Å². The van der Waals surface area contributed by atoms with Gasteiger partial charge in [-0.25, -0.2) is 0 Å². The zero-order valence-corrected chi connectivity index (χ0v) is 9.32. The van der Waals surface area contributed by atoms with Gasteiger partial charge in [0.15, 0.2) is 0 Å². The van der Waals surface area contributed by atoms with E-state index < -0.39 is 0 Å². The van der Waals surface area contributed by atoms with Crippen LogP contribution in [0.15, 0.2) is 0 Å². The molecule has 74 valence electrons. The van der Waals surface area contributed by atoms with Gasteiger partial charge in [0.1, 0.15) is 0 Å². The largest absolute Gasteiger partial charge is 0.315 e. The van der Waals surface area contributed by atoms with Crippen molar-refractivity contribution in [3.05, 3.63) is 0 Å². The van der Waals surface area contributed by atoms with E-state index in [1.165, 1.54) is 12.8 Å². The highest BCUT2D eigenvalue weighted by molar-refractivity contribution is 6.20. The number of alkyl halides is 1. The van der Waals surface area contributed by atoms with Crippen molar-refractivity contribution in [2.45, 2.75) is 45.4 Å². The smallest absolute Gasteiger partial charge is 0.0458 e. The van der Waals surface area contributed by atoms with Crippen molar-refractivity contribution in [3.63, 3.8) is 0 Å². The molecule has 0 rings (SSSR count). The van der Waals surface area contributed by atoms with E-state index in [4.69, 9.17) is 11.6 Å². The Kier molecular flexibility index (Phi) is 8.04. The minimum Gasteiger partial charge on any atom is -0.315 e. The molecule has 0 aliphatic carbocycles. The first-order chi connectivity index (χ1) is 5.74. The van der Waals surface area contributed by atoms with Crippen molar-refractivity contribution >= 4 is 11.6 Å². The van der Waals surface area contributed by atoms with Crippen molar-refractivity contribution in [2.75, 3.05) is 13.1 Å². The van der Waals surface area contributed by atoms with Crippen LogP contribution in [0.25, 0.3) is 0 Å². The second kappa shape index (κ2) is 7.88. The standard InChI is InChI=1S/C10H22ClN/c1-4-9(5-2)7-12-8-10(11)6-3/h9-10,12H,4-8H2,1-3H3. The van der Waals surface area contributed by atoms with E-state index in [-0.39, 0.29) is 0 Å². The minimum atomic E-state index is 0.305. The van der Waals surface area contributed by atoms with Crippen LogP contribution in [0.1, 0.15) is 40.0 Å². The minimum absolute atomic E-state index is 0.305. The Morgan fingerprint density at radius 3 is 2.00 bits per heavy atom. The zero-order chi connectivity index (χ0) is 9.40. The highest BCUT2D eigenvalue weighted by atomic mass is 35.5. The molecule has 0 aromatic rings. The zero-order valence-electron chi connectivity index (χ0n) is 8.57. The quantitative estimate of drug-likeness (QED) is 0.611. The summed E-state index contributed by atoms with van der Waals surface area (Å²) in [5.74, 6) is 0.825. The van der Waals surface area contributed by atoms with E-state index >= 15 is 0 Å². The maximum atomic E-state index is 5.97. The van der Waals surface area contributed by atoms with E-state index in [9.17, 15) is 0 Å². The Balaban J connectivity index is 3.28. The van der Waals surface area contributed by atoms with E-state index in [2.05, 4.69) is 26.1 Å². The van der Waals surface area contributed by atoms with Crippen LogP contribution in [0, 0.1) is 5.92 Å². The molecule has 0 saturated heterocycles. The van der Waals surface area contributed by atoms with Gasteiger partial charge >= 0.3 is 0 Å². The molecule has 1 nitrogen and oxygen atoms in total. The molecule has 0 amide bonds. The molecule has 0 aliphatic heterocycles. The second-order valence-electron chi connectivity index (χ2n) is 3.35. The lowest BCUT2D eigenvalue weighted by molar-refractivity contribution is 0.448. The fourth-order valence-electron chi connectivity index (χ4n) is 1.17. The maximum Gasteiger partial charge on any atom is 0.0458 e. The van der Waals surface area contributed by atoms with Gasteiger partial charge in [-0.2, -0.15) is 0 Å². The number of nitrogens with one attached hydrogen (secondary N) is 1. The summed E-state index contributed by atoms with van der Waals surface area (Å²) in [5, 5.41) is 3.71. The van der Waals surface area contributed by atoms with Crippen LogP contribution >= 0.6 is 11.6 Å². The highest BCUT2D eigenvalue weighted by Crippen LogP contribution is 2.05. The topological polar surface area (TPSA) is 12.0 Å². The lowest BCUT2D eigenvalue weighted by Crippen LogP contribution is -2.28. The summed E-state index contributed by atoms with van der Waals surface area (Å²) in [4.78, 5) is 0. The molecule has 1 atom stereocenters. The van der Waals surface area contributed by atoms with Gasteiger partial charge in [-0.05, 0) is 18.9 Å². The summed E-state index contributed by atoms with van der Waals surface area (Å²) in [6, 6.07) is 0. The third kappa shape index (κ3) is 5.84.